The predicted octanol–water partition coefficient (Wildman–Crippen LogP) is 9.33. The maximum atomic E-state index is 13.0. The molecule has 4 aromatic heterocycles. The summed E-state index contributed by atoms with van der Waals surface area (Å²) in [5.41, 5.74) is 10.2. The van der Waals surface area contributed by atoms with E-state index in [1.165, 1.54) is 0 Å². The average molecular weight is 1040 g/mol. The van der Waals surface area contributed by atoms with Crippen molar-refractivity contribution in [1.29, 1.82) is 0 Å². The van der Waals surface area contributed by atoms with Crippen LogP contribution in [0.3, 0.4) is 0 Å². The molecule has 17 nitrogen and oxygen atoms in total. The molecule has 2 fully saturated rings. The number of carbonyl (C=O) groups excluding carboxylic acids is 1. The number of nitrogens with zero attached hydrogens (tertiary/aromatic N) is 10. The highest BCUT2D eigenvalue weighted by atomic mass is 35.5. The number of nitrogens with one attached hydrogen (secondary N) is 4. The van der Waals surface area contributed by atoms with E-state index in [1.807, 2.05) is 12.1 Å². The number of nitrogens with two attached hydrogens (primary N) is 1. The molecule has 0 atom stereocenters. The van der Waals surface area contributed by atoms with Crippen molar-refractivity contribution in [2.75, 3.05) is 127 Å². The third-order valence-corrected chi connectivity index (χ3v) is 13.5. The molecule has 6 heterocycles. The molecule has 0 saturated carbocycles. The van der Waals surface area contributed by atoms with E-state index in [0.717, 1.165) is 96.8 Å². The average Bonchev–Trinajstić information content (AvgIpc) is 3.35. The second kappa shape index (κ2) is 24.5. The minimum Gasteiger partial charge on any atom is -0.497 e. The van der Waals surface area contributed by atoms with E-state index in [0.29, 0.717) is 88.2 Å². The monoisotopic (exact) mass is 1040 g/mol. The van der Waals surface area contributed by atoms with Crippen LogP contribution in [0.15, 0.2) is 85.2 Å². The summed E-state index contributed by atoms with van der Waals surface area (Å²) in [6.07, 6.45) is 5.45. The fourth-order valence-electron chi connectivity index (χ4n) is 8.23. The number of methoxy groups -OCH3 is 1. The van der Waals surface area contributed by atoms with E-state index in [4.69, 9.17) is 61.9 Å². The molecule has 2 amide bonds. The Bertz CT molecular complexity index is 2910. The zero-order valence-electron chi connectivity index (χ0n) is 39.9. The number of pyridine rings is 2. The molecule has 2 saturated heterocycles. The number of fused-ring (bicyclic) bond motifs is 2. The highest BCUT2D eigenvalue weighted by Crippen LogP contribution is 2.40. The van der Waals surface area contributed by atoms with E-state index >= 15 is 0 Å². The second-order valence-corrected chi connectivity index (χ2v) is 19.0. The number of piperazine rings is 2. The van der Waals surface area contributed by atoms with Crippen molar-refractivity contribution in [1.82, 2.24) is 49.5 Å². The van der Waals surface area contributed by atoms with Crippen LogP contribution < -0.4 is 31.7 Å². The normalized spacial score (nSPS) is 14.7. The number of benzene rings is 3. The quantitative estimate of drug-likeness (QED) is 0.0610. The maximum Gasteiger partial charge on any atom is 0.324 e. The van der Waals surface area contributed by atoms with E-state index in [9.17, 15) is 4.79 Å². The number of rotatable bonds is 15. The lowest BCUT2D eigenvalue weighted by molar-refractivity contribution is 0.154. The van der Waals surface area contributed by atoms with Gasteiger partial charge in [-0.1, -0.05) is 64.6 Å². The largest absolute Gasteiger partial charge is 0.497 e. The van der Waals surface area contributed by atoms with Crippen LogP contribution in [0.4, 0.5) is 34.0 Å². The second-order valence-electron chi connectivity index (χ2n) is 17.4. The number of aromatic nitrogens is 6. The van der Waals surface area contributed by atoms with Crippen molar-refractivity contribution in [3.05, 3.63) is 105 Å². The van der Waals surface area contributed by atoms with Crippen molar-refractivity contribution >= 4 is 104 Å². The summed E-state index contributed by atoms with van der Waals surface area (Å²) in [5, 5.41) is 15.6. The van der Waals surface area contributed by atoms with Crippen LogP contribution in [0.5, 0.6) is 5.75 Å². The van der Waals surface area contributed by atoms with Crippen molar-refractivity contribution in [3.8, 4) is 28.0 Å². The molecule has 372 valence electrons. The summed E-state index contributed by atoms with van der Waals surface area (Å²) >= 11 is 25.8. The fraction of sp³-hybridized carbons (Fsp3) is 0.340. The fourth-order valence-corrected chi connectivity index (χ4v) is 9.43. The smallest absolute Gasteiger partial charge is 0.324 e. The van der Waals surface area contributed by atoms with Crippen molar-refractivity contribution in [2.24, 2.45) is 0 Å². The van der Waals surface area contributed by atoms with Gasteiger partial charge in [-0.15, -0.1) is 0 Å². The Morgan fingerprint density at radius 1 is 0.620 bits per heavy atom. The Morgan fingerprint density at radius 2 is 1.10 bits per heavy atom. The van der Waals surface area contributed by atoms with Gasteiger partial charge in [0.25, 0.3) is 0 Å². The zero-order valence-corrected chi connectivity index (χ0v) is 42.9. The van der Waals surface area contributed by atoms with Gasteiger partial charge in [0.2, 0.25) is 11.9 Å². The van der Waals surface area contributed by atoms with Crippen molar-refractivity contribution in [2.45, 2.75) is 12.8 Å². The minimum absolute atomic E-state index is 0.257. The molecule has 0 unspecified atom stereocenters. The maximum absolute atomic E-state index is 13.0. The molecule has 0 aliphatic carbocycles. The molecule has 2 aliphatic heterocycles. The van der Waals surface area contributed by atoms with Gasteiger partial charge < -0.3 is 46.0 Å². The number of hydrogen-bond acceptors (Lipinski definition) is 15. The number of carbonyl (C=O) groups is 1. The van der Waals surface area contributed by atoms with Gasteiger partial charge in [-0.05, 0) is 88.6 Å². The Labute approximate surface area is 433 Å². The molecule has 0 spiro atoms. The molecule has 2 aliphatic rings. The third kappa shape index (κ3) is 13.8. The molecule has 3 aromatic carbocycles. The SMILES string of the molecule is CN1CCN(CCCNc2ncc3cc(-c4c(Cl)cccc4Cl)c(N)nc3n2)CC1.COc1cccc(NC(=O)Nc2nc3nc(NCCCN4CCN(C)CC4)ncc3cc2-c2c(Cl)cccc2Cl)c1. The lowest BCUT2D eigenvalue weighted by atomic mass is 10.0. The Morgan fingerprint density at radius 3 is 1.62 bits per heavy atom. The first-order valence-electron chi connectivity index (χ1n) is 23.4. The first-order chi connectivity index (χ1) is 34.4. The summed E-state index contributed by atoms with van der Waals surface area (Å²) in [6.45, 7) is 12.5. The minimum atomic E-state index is -0.495. The standard InChI is InChI=1S/C29H32Cl2N8O2.C21H25Cl2N7/c1-38-12-14-39(15-13-38)11-5-10-32-28-33-18-19-16-22(25-23(30)8-4-9-24(25)31)27(35-26(19)36-28)37-29(40)34-20-6-3-7-21(17-20)41-2;1-29-8-10-30(11-9-29)7-3-6-25-21-26-13-14-12-15(19(24)27-20(14)28-21)18-16(22)4-2-5-17(18)23/h3-4,6-9,16-18H,5,10-15H2,1-2H3,(H3,32,33,34,35,36,37,40);2,4-5,12-13H,3,6-11H2,1H3,(H3,24,25,26,27,28). The molecular formula is C50H57Cl4N15O2. The predicted molar refractivity (Wildman–Crippen MR) is 290 cm³/mol. The number of likely N-dealkylation sites (N-methyl/N-ethyl adjacent to an activating group) is 2. The van der Waals surface area contributed by atoms with Gasteiger partial charge >= 0.3 is 6.03 Å². The molecule has 0 radical (unpaired) electrons. The number of ether oxygens (including phenoxy) is 1. The van der Waals surface area contributed by atoms with Crippen LogP contribution >= 0.6 is 46.4 Å². The molecule has 7 aromatic rings. The highest BCUT2D eigenvalue weighted by molar-refractivity contribution is 6.40. The summed E-state index contributed by atoms with van der Waals surface area (Å²) in [6, 6.07) is 20.8. The van der Waals surface area contributed by atoms with Crippen LogP contribution in [0, 0.1) is 0 Å². The van der Waals surface area contributed by atoms with Crippen molar-refractivity contribution < 1.29 is 9.53 Å². The molecule has 71 heavy (non-hydrogen) atoms. The van der Waals surface area contributed by atoms with E-state index in [2.05, 4.69) is 79.9 Å². The van der Waals surface area contributed by atoms with Crippen LogP contribution in [-0.4, -0.2) is 155 Å². The lowest BCUT2D eigenvalue weighted by Crippen LogP contribution is -2.44. The van der Waals surface area contributed by atoms with Gasteiger partial charge in [0, 0.05) is 123 Å². The van der Waals surface area contributed by atoms with Crippen LogP contribution in [0.2, 0.25) is 20.1 Å². The number of amides is 2. The number of halogens is 4. The Balaban J connectivity index is 0.000000200. The van der Waals surface area contributed by atoms with E-state index < -0.39 is 6.03 Å². The van der Waals surface area contributed by atoms with Gasteiger partial charge in [0.1, 0.15) is 17.4 Å². The van der Waals surface area contributed by atoms with Gasteiger partial charge in [-0.2, -0.15) is 9.97 Å². The molecule has 9 rings (SSSR count). The first kappa shape index (κ1) is 51.5. The summed E-state index contributed by atoms with van der Waals surface area (Å²) in [4.78, 5) is 49.9. The number of nitrogen functional groups attached to an aromatic ring is 1. The van der Waals surface area contributed by atoms with Gasteiger partial charge in [-0.3, -0.25) is 5.32 Å². The van der Waals surface area contributed by atoms with Gasteiger partial charge in [0.15, 0.2) is 11.3 Å². The Kier molecular flexibility index (Phi) is 17.8. The van der Waals surface area contributed by atoms with Gasteiger partial charge in [0.05, 0.1) is 27.2 Å². The molecular weight excluding hydrogens is 984 g/mol. The summed E-state index contributed by atoms with van der Waals surface area (Å²) < 4.78 is 5.25. The van der Waals surface area contributed by atoms with Crippen LogP contribution in [0.25, 0.3) is 44.3 Å². The Hall–Kier alpha value is -5.89. The van der Waals surface area contributed by atoms with Crippen LogP contribution in [0.1, 0.15) is 12.8 Å². The van der Waals surface area contributed by atoms with E-state index in [1.54, 1.807) is 80.2 Å². The number of urea groups is 1. The van der Waals surface area contributed by atoms with Crippen LogP contribution in [-0.2, 0) is 0 Å². The lowest BCUT2D eigenvalue weighted by Gasteiger charge is -2.32. The molecule has 21 heteroatoms. The molecule has 6 N–H and O–H groups in total. The zero-order chi connectivity index (χ0) is 49.9. The first-order valence-corrected chi connectivity index (χ1v) is 24.9. The van der Waals surface area contributed by atoms with E-state index in [-0.39, 0.29) is 5.82 Å². The summed E-state index contributed by atoms with van der Waals surface area (Å²) in [7, 11) is 5.89. The summed E-state index contributed by atoms with van der Waals surface area (Å²) in [5.74, 6) is 2.23. The highest BCUT2D eigenvalue weighted by Gasteiger charge is 2.20. The number of hydrogen-bond donors (Lipinski definition) is 5. The third-order valence-electron chi connectivity index (χ3n) is 12.3. The van der Waals surface area contributed by atoms with Gasteiger partial charge in [-0.25, -0.2) is 24.7 Å². The molecule has 0 bridgehead atoms. The topological polar surface area (TPSA) is 191 Å². The van der Waals surface area contributed by atoms with Crippen molar-refractivity contribution in [3.63, 3.8) is 0 Å². The number of anilines is 5.